The summed E-state index contributed by atoms with van der Waals surface area (Å²) in [7, 11) is 0. The minimum Gasteiger partial charge on any atom is -1.00 e. The van der Waals surface area contributed by atoms with E-state index in [4.69, 9.17) is 0 Å². The second-order valence-corrected chi connectivity index (χ2v) is 22.5. The van der Waals surface area contributed by atoms with Crippen molar-refractivity contribution >= 4 is 9.35 Å². The molecule has 1 atom stereocenters. The minimum atomic E-state index is -2.80. The van der Waals surface area contributed by atoms with Gasteiger partial charge in [-0.3, -0.25) is 0 Å². The van der Waals surface area contributed by atoms with Gasteiger partial charge in [0.05, 0.1) is 0 Å². The van der Waals surface area contributed by atoms with Gasteiger partial charge in [-0.25, -0.2) is 0 Å². The maximum Gasteiger partial charge on any atom is -1.00 e. The summed E-state index contributed by atoms with van der Waals surface area (Å²) in [6, 6.07) is 28.5. The van der Waals surface area contributed by atoms with E-state index in [-0.39, 0.29) is 41.1 Å². The van der Waals surface area contributed by atoms with Gasteiger partial charge in [-0.15, -0.1) is 0 Å². The van der Waals surface area contributed by atoms with E-state index in [9.17, 15) is 0 Å². The Morgan fingerprint density at radius 2 is 1.32 bits per heavy atom. The average molecular weight is 739 g/mol. The van der Waals surface area contributed by atoms with E-state index in [2.05, 4.69) is 160 Å². The summed E-state index contributed by atoms with van der Waals surface area (Å²) in [6.07, 6.45) is 8.79. The Morgan fingerprint density at radius 3 is 1.98 bits per heavy atom. The number of hydrogen-bond acceptors (Lipinski definition) is 0. The molecule has 0 saturated carbocycles. The molecule has 0 saturated heterocycles. The molecule has 0 N–H and O–H groups in total. The Bertz CT molecular complexity index is 2090. The topological polar surface area (TPSA) is 0 Å². The van der Waals surface area contributed by atoms with Crippen LogP contribution in [0.3, 0.4) is 0 Å². The standard InChI is InChI=1S/C21H25.C13H8.C10H15.2ClH.Zr/c1-20(2,3)16-7-9-18-14(12-16)11-15-13-17(21(4,5)6)8-10-19(15)18;1-3-7-12-10(5-1)9-11-6-2-4-8-13(11)12;1-8-5-6-9(7-8)10(2,3)4;;;/h7-10,12H,11H2,1-6H3;1-5,7-9H;6-8H,1-4H3;2*1H;/q;;;;;+2/p-2. The zero-order chi connectivity index (χ0) is 32.1. The molecule has 0 bridgehead atoms. The summed E-state index contributed by atoms with van der Waals surface area (Å²) >= 11 is -2.80. The minimum absolute atomic E-state index is 0. The zero-order valence-corrected chi connectivity index (χ0v) is 33.7. The van der Waals surface area contributed by atoms with Gasteiger partial charge in [0.2, 0.25) is 0 Å². The first kappa shape index (κ1) is 36.0. The van der Waals surface area contributed by atoms with Crippen LogP contribution < -0.4 is 33.3 Å². The van der Waals surface area contributed by atoms with Gasteiger partial charge in [0.15, 0.2) is 0 Å². The molecule has 0 radical (unpaired) electrons. The van der Waals surface area contributed by atoms with Crippen molar-refractivity contribution in [3.05, 3.63) is 130 Å². The van der Waals surface area contributed by atoms with E-state index in [1.165, 1.54) is 49.7 Å². The molecule has 0 fully saturated rings. The molecule has 4 aromatic rings. The molecule has 3 aliphatic rings. The number of allylic oxidation sites excluding steroid dienone is 4. The van der Waals surface area contributed by atoms with Crippen LogP contribution in [0.2, 0.25) is 0 Å². The van der Waals surface area contributed by atoms with Crippen LogP contribution >= 0.6 is 0 Å². The van der Waals surface area contributed by atoms with Crippen molar-refractivity contribution in [2.24, 2.45) is 11.3 Å². The Morgan fingerprint density at radius 1 is 0.638 bits per heavy atom. The van der Waals surface area contributed by atoms with Crippen LogP contribution in [0.4, 0.5) is 0 Å². The van der Waals surface area contributed by atoms with Crippen LogP contribution in [0.5, 0.6) is 0 Å². The Labute approximate surface area is 303 Å². The first-order valence-corrected chi connectivity index (χ1v) is 20.5. The Kier molecular flexibility index (Phi) is 9.60. The third kappa shape index (κ3) is 6.20. The fourth-order valence-corrected chi connectivity index (χ4v) is 16.9. The number of hydrogen-bond donors (Lipinski definition) is 0. The largest absolute Gasteiger partial charge is 1.00 e. The van der Waals surface area contributed by atoms with Crippen molar-refractivity contribution < 1.29 is 46.1 Å². The molecule has 4 aromatic carbocycles. The molecule has 0 amide bonds. The van der Waals surface area contributed by atoms with E-state index in [1.807, 2.05) is 0 Å². The monoisotopic (exact) mass is 736 g/mol. The zero-order valence-electron chi connectivity index (χ0n) is 29.7. The van der Waals surface area contributed by atoms with E-state index in [0.717, 1.165) is 6.42 Å². The molecular formula is C44H48Cl2Zr. The summed E-state index contributed by atoms with van der Waals surface area (Å²) in [6.45, 7) is 23.9. The van der Waals surface area contributed by atoms with Crippen molar-refractivity contribution in [3.63, 3.8) is 0 Å². The molecule has 3 heteroatoms. The number of rotatable bonds is 2. The van der Waals surface area contributed by atoms with Crippen LogP contribution in [-0.4, -0.2) is 0 Å². The fourth-order valence-electron chi connectivity index (χ4n) is 7.76. The van der Waals surface area contributed by atoms with Gasteiger partial charge in [-0.05, 0) is 0 Å². The number of benzene rings is 4. The molecule has 3 aliphatic carbocycles. The summed E-state index contributed by atoms with van der Waals surface area (Å²) in [5.74, 6) is 0.452. The average Bonchev–Trinajstić information content (AvgIpc) is 3.65. The van der Waals surface area contributed by atoms with E-state index in [1.54, 1.807) is 20.5 Å². The summed E-state index contributed by atoms with van der Waals surface area (Å²) < 4.78 is 5.10. The summed E-state index contributed by atoms with van der Waals surface area (Å²) in [5, 5.41) is 1.48. The van der Waals surface area contributed by atoms with Gasteiger partial charge < -0.3 is 24.8 Å². The van der Waals surface area contributed by atoms with E-state index in [0.29, 0.717) is 5.92 Å². The fraction of sp³-hybridized carbons (Fsp3) is 0.341. The second-order valence-electron chi connectivity index (χ2n) is 16.7. The maximum atomic E-state index is 2.66. The summed E-state index contributed by atoms with van der Waals surface area (Å²) in [5.41, 5.74) is 15.0. The van der Waals surface area contributed by atoms with E-state index >= 15 is 0 Å². The molecule has 47 heavy (non-hydrogen) atoms. The summed E-state index contributed by atoms with van der Waals surface area (Å²) in [4.78, 5) is 0. The third-order valence-corrected chi connectivity index (χ3v) is 18.2. The molecule has 0 nitrogen and oxygen atoms in total. The molecule has 242 valence electrons. The van der Waals surface area contributed by atoms with Crippen LogP contribution in [0.1, 0.15) is 97.1 Å². The number of halogens is 2. The maximum absolute atomic E-state index is 2.80. The molecule has 1 unspecified atom stereocenters. The Balaban J connectivity index is 0.00000217. The van der Waals surface area contributed by atoms with Crippen LogP contribution in [0.15, 0.2) is 93.8 Å². The van der Waals surface area contributed by atoms with Gasteiger partial charge in [0.25, 0.3) is 0 Å². The SMILES string of the molecule is CC1C=C(C(C)(C)C)C=[C]1[Zr+2]([c]1c(C(C)(C)C)ccc2c1Cc1cc(C(C)(C)C)ccc1-2)=[c]1cccc2c1=Cc1ccccc1-2.[Cl-].[Cl-]. The Hall–Kier alpha value is -2.31. The van der Waals surface area contributed by atoms with Gasteiger partial charge in [0.1, 0.15) is 0 Å². The first-order chi connectivity index (χ1) is 21.1. The molecule has 0 aromatic heterocycles. The molecular weight excluding hydrogens is 691 g/mol. The normalized spacial score (nSPS) is 16.5. The van der Waals surface area contributed by atoms with Gasteiger partial charge in [0, 0.05) is 0 Å². The van der Waals surface area contributed by atoms with Crippen LogP contribution in [-0.2, 0) is 38.5 Å². The van der Waals surface area contributed by atoms with Crippen molar-refractivity contribution in [1.29, 1.82) is 0 Å². The van der Waals surface area contributed by atoms with Gasteiger partial charge in [-0.2, -0.15) is 0 Å². The van der Waals surface area contributed by atoms with Crippen molar-refractivity contribution in [2.45, 2.75) is 86.5 Å². The van der Waals surface area contributed by atoms with Crippen molar-refractivity contribution in [2.75, 3.05) is 0 Å². The predicted octanol–water partition coefficient (Wildman–Crippen LogP) is 4.37. The molecule has 7 rings (SSSR count). The van der Waals surface area contributed by atoms with Crippen molar-refractivity contribution in [1.82, 2.24) is 0 Å². The third-order valence-electron chi connectivity index (χ3n) is 10.3. The molecule has 0 spiro atoms. The smallest absolute Gasteiger partial charge is 1.00 e. The quantitative estimate of drug-likeness (QED) is 0.248. The molecule has 0 aliphatic heterocycles. The van der Waals surface area contributed by atoms with E-state index < -0.39 is 21.3 Å². The van der Waals surface area contributed by atoms with Crippen molar-refractivity contribution in [3.8, 4) is 22.3 Å². The molecule has 0 heterocycles. The first-order valence-electron chi connectivity index (χ1n) is 16.8. The number of fused-ring (bicyclic) bond motifs is 6. The van der Waals surface area contributed by atoms with Gasteiger partial charge >= 0.3 is 280 Å². The van der Waals surface area contributed by atoms with Crippen LogP contribution in [0.25, 0.3) is 28.3 Å². The predicted molar refractivity (Wildman–Crippen MR) is 190 cm³/mol. The second kappa shape index (κ2) is 12.5. The van der Waals surface area contributed by atoms with Crippen LogP contribution in [0, 0.1) is 14.2 Å². The van der Waals surface area contributed by atoms with Gasteiger partial charge in [-0.1, -0.05) is 0 Å².